The molecule has 0 saturated carbocycles. The van der Waals surface area contributed by atoms with Gasteiger partial charge < -0.3 is 9.80 Å². The van der Waals surface area contributed by atoms with Crippen molar-refractivity contribution >= 4 is 39.9 Å². The van der Waals surface area contributed by atoms with Crippen LogP contribution < -0.4 is 0 Å². The number of rotatable bonds is 6. The summed E-state index contributed by atoms with van der Waals surface area (Å²) in [4.78, 5) is 22.0. The lowest BCUT2D eigenvalue weighted by molar-refractivity contribution is 0.0631. The zero-order valence-electron chi connectivity index (χ0n) is 19.0. The molecule has 178 valence electrons. The molecule has 2 fully saturated rings. The highest BCUT2D eigenvalue weighted by molar-refractivity contribution is 7.20. The van der Waals surface area contributed by atoms with Gasteiger partial charge in [0.05, 0.1) is 17.1 Å². The quantitative estimate of drug-likeness (QED) is 0.525. The number of amides is 1. The van der Waals surface area contributed by atoms with Crippen molar-refractivity contribution in [2.45, 2.75) is 26.3 Å². The maximum absolute atomic E-state index is 13.2. The highest BCUT2D eigenvalue weighted by Gasteiger charge is 2.25. The zero-order valence-corrected chi connectivity index (χ0v) is 20.6. The van der Waals surface area contributed by atoms with E-state index in [9.17, 15) is 9.18 Å². The second-order valence-corrected chi connectivity index (χ2v) is 9.91. The molecule has 2 saturated heterocycles. The van der Waals surface area contributed by atoms with Gasteiger partial charge in [-0.2, -0.15) is 5.10 Å². The fourth-order valence-corrected chi connectivity index (χ4v) is 5.84. The van der Waals surface area contributed by atoms with Crippen LogP contribution in [0, 0.1) is 12.7 Å². The molecule has 0 unspecified atom stereocenters. The summed E-state index contributed by atoms with van der Waals surface area (Å²) in [5.41, 5.74) is 1.91. The van der Waals surface area contributed by atoms with Crippen LogP contribution in [0.1, 0.15) is 33.8 Å². The van der Waals surface area contributed by atoms with E-state index in [0.717, 1.165) is 65.6 Å². The molecule has 1 amide bonds. The number of carbonyl (C=O) groups is 1. The van der Waals surface area contributed by atoms with Crippen molar-refractivity contribution in [2.24, 2.45) is 0 Å². The van der Waals surface area contributed by atoms with Crippen molar-refractivity contribution in [3.05, 3.63) is 52.3 Å². The Balaban J connectivity index is 0.00000259. The first-order valence-corrected chi connectivity index (χ1v) is 12.3. The lowest BCUT2D eigenvalue weighted by Gasteiger charge is -2.35. The molecule has 33 heavy (non-hydrogen) atoms. The van der Waals surface area contributed by atoms with Gasteiger partial charge in [-0.05, 0) is 56.6 Å². The maximum atomic E-state index is 13.2. The summed E-state index contributed by atoms with van der Waals surface area (Å²) in [7, 11) is 0. The minimum Gasteiger partial charge on any atom is -0.335 e. The van der Waals surface area contributed by atoms with E-state index in [4.69, 9.17) is 0 Å². The Hall–Kier alpha value is -2.00. The van der Waals surface area contributed by atoms with Gasteiger partial charge in [0.1, 0.15) is 10.6 Å². The molecule has 0 bridgehead atoms. The number of hydrogen-bond acceptors (Lipinski definition) is 5. The molecule has 2 aliphatic heterocycles. The summed E-state index contributed by atoms with van der Waals surface area (Å²) in [6, 6.07) is 8.49. The lowest BCUT2D eigenvalue weighted by atomic mass is 10.2. The Bertz CT molecular complexity index is 1080. The van der Waals surface area contributed by atoms with Crippen molar-refractivity contribution in [3.63, 3.8) is 0 Å². The van der Waals surface area contributed by atoms with Crippen LogP contribution in [0.2, 0.25) is 0 Å². The minimum atomic E-state index is -0.240. The molecule has 9 heteroatoms. The molecule has 0 N–H and O–H groups in total. The normalized spacial score (nSPS) is 17.6. The molecular weight excluding hydrogens is 461 g/mol. The van der Waals surface area contributed by atoms with E-state index in [0.29, 0.717) is 6.54 Å². The summed E-state index contributed by atoms with van der Waals surface area (Å²) in [6.07, 6.45) is 2.66. The number of piperazine rings is 1. The number of benzene rings is 1. The Morgan fingerprint density at radius 3 is 2.30 bits per heavy atom. The van der Waals surface area contributed by atoms with E-state index < -0.39 is 0 Å². The summed E-state index contributed by atoms with van der Waals surface area (Å²) in [6.45, 7) is 10.7. The van der Waals surface area contributed by atoms with Crippen LogP contribution in [0.3, 0.4) is 0 Å². The summed E-state index contributed by atoms with van der Waals surface area (Å²) >= 11 is 1.51. The number of aromatic nitrogens is 2. The second-order valence-electron chi connectivity index (χ2n) is 8.88. The molecule has 0 atom stereocenters. The number of fused-ring (bicyclic) bond motifs is 1. The highest BCUT2D eigenvalue weighted by Crippen LogP contribution is 2.30. The topological polar surface area (TPSA) is 44.6 Å². The predicted octanol–water partition coefficient (Wildman–Crippen LogP) is 3.87. The monoisotopic (exact) mass is 491 g/mol. The lowest BCUT2D eigenvalue weighted by Crippen LogP contribution is -2.50. The first-order chi connectivity index (χ1) is 15.6. The second kappa shape index (κ2) is 10.5. The smallest absolute Gasteiger partial charge is 0.264 e. The minimum absolute atomic E-state index is 0. The Labute approximate surface area is 204 Å². The molecule has 1 aromatic carbocycles. The number of hydrogen-bond donors (Lipinski definition) is 0. The fraction of sp³-hybridized carbons (Fsp3) is 0.500. The van der Waals surface area contributed by atoms with Gasteiger partial charge in [-0.15, -0.1) is 23.7 Å². The molecular formula is C24H31ClFN5OS. The zero-order chi connectivity index (χ0) is 22.1. The van der Waals surface area contributed by atoms with Crippen LogP contribution in [-0.4, -0.2) is 82.7 Å². The van der Waals surface area contributed by atoms with Crippen LogP contribution in [-0.2, 0) is 6.54 Å². The van der Waals surface area contributed by atoms with Gasteiger partial charge in [0, 0.05) is 44.7 Å². The van der Waals surface area contributed by atoms with E-state index >= 15 is 0 Å². The number of carbonyl (C=O) groups excluding carboxylic acids is 1. The van der Waals surface area contributed by atoms with E-state index in [1.54, 1.807) is 12.1 Å². The standard InChI is InChI=1S/C24H30FN5OS.ClH/c1-18-21-16-22(32-24(21)30(26-18)17-19-4-6-20(25)7-5-19)23(31)29-14-12-28(13-15-29)11-10-27-8-2-3-9-27;/h4-7,16H,2-3,8-15,17H2,1H3;1H. The number of halogens is 2. The molecule has 6 nitrogen and oxygen atoms in total. The first-order valence-electron chi connectivity index (χ1n) is 11.5. The van der Waals surface area contributed by atoms with Gasteiger partial charge in [-0.25, -0.2) is 4.39 Å². The number of thiophene rings is 1. The van der Waals surface area contributed by atoms with Gasteiger partial charge in [0.15, 0.2) is 0 Å². The van der Waals surface area contributed by atoms with Gasteiger partial charge in [0.25, 0.3) is 5.91 Å². The van der Waals surface area contributed by atoms with Crippen LogP contribution in [0.15, 0.2) is 30.3 Å². The average Bonchev–Trinajstić information content (AvgIpc) is 3.53. The summed E-state index contributed by atoms with van der Waals surface area (Å²) < 4.78 is 15.1. The van der Waals surface area contributed by atoms with Gasteiger partial charge in [0.2, 0.25) is 0 Å². The van der Waals surface area contributed by atoms with E-state index in [1.807, 2.05) is 22.6 Å². The average molecular weight is 492 g/mol. The van der Waals surface area contributed by atoms with Crippen molar-refractivity contribution in [1.82, 2.24) is 24.5 Å². The number of likely N-dealkylation sites (tertiary alicyclic amines) is 1. The third kappa shape index (κ3) is 5.40. The third-order valence-corrected chi connectivity index (χ3v) is 7.79. The Morgan fingerprint density at radius 1 is 1.00 bits per heavy atom. The summed E-state index contributed by atoms with van der Waals surface area (Å²) in [5.74, 6) is -0.117. The van der Waals surface area contributed by atoms with Gasteiger partial charge in [-0.1, -0.05) is 12.1 Å². The number of aryl methyl sites for hydroxylation is 1. The Morgan fingerprint density at radius 2 is 1.64 bits per heavy atom. The molecule has 3 aromatic rings. The predicted molar refractivity (Wildman–Crippen MR) is 133 cm³/mol. The molecule has 5 rings (SSSR count). The number of nitrogens with zero attached hydrogens (tertiary/aromatic N) is 5. The van der Waals surface area contributed by atoms with Crippen molar-refractivity contribution in [1.29, 1.82) is 0 Å². The van der Waals surface area contributed by atoms with E-state index in [2.05, 4.69) is 14.9 Å². The SMILES string of the molecule is Cc1nn(Cc2ccc(F)cc2)c2sc(C(=O)N3CCN(CCN4CCCC4)CC3)cc12.Cl. The first kappa shape index (κ1) is 24.1. The molecule has 0 spiro atoms. The molecule has 2 aliphatic rings. The molecule has 4 heterocycles. The van der Waals surface area contributed by atoms with Crippen LogP contribution in [0.25, 0.3) is 10.2 Å². The Kier molecular flexibility index (Phi) is 7.69. The van der Waals surface area contributed by atoms with Crippen molar-refractivity contribution in [3.8, 4) is 0 Å². The van der Waals surface area contributed by atoms with Crippen LogP contribution >= 0.6 is 23.7 Å². The van der Waals surface area contributed by atoms with Crippen LogP contribution in [0.5, 0.6) is 0 Å². The fourth-order valence-electron chi connectivity index (χ4n) is 4.71. The van der Waals surface area contributed by atoms with Gasteiger partial charge >= 0.3 is 0 Å². The highest BCUT2D eigenvalue weighted by atomic mass is 35.5. The maximum Gasteiger partial charge on any atom is 0.264 e. The third-order valence-electron chi connectivity index (χ3n) is 6.65. The van der Waals surface area contributed by atoms with Crippen LogP contribution in [0.4, 0.5) is 4.39 Å². The molecule has 0 radical (unpaired) electrons. The molecule has 0 aliphatic carbocycles. The van der Waals surface area contributed by atoms with E-state index in [1.165, 1.54) is 49.4 Å². The van der Waals surface area contributed by atoms with Crippen molar-refractivity contribution < 1.29 is 9.18 Å². The molecule has 2 aromatic heterocycles. The largest absolute Gasteiger partial charge is 0.335 e. The van der Waals surface area contributed by atoms with Crippen molar-refractivity contribution in [2.75, 3.05) is 52.4 Å². The van der Waals surface area contributed by atoms with Gasteiger partial charge in [-0.3, -0.25) is 14.4 Å². The van der Waals surface area contributed by atoms with E-state index in [-0.39, 0.29) is 24.1 Å². The summed E-state index contributed by atoms with van der Waals surface area (Å²) in [5, 5.41) is 5.67.